The van der Waals surface area contributed by atoms with E-state index in [0.717, 1.165) is 13.0 Å². The van der Waals surface area contributed by atoms with E-state index in [1.165, 1.54) is 21.9 Å². The van der Waals surface area contributed by atoms with Crippen LogP contribution in [-0.2, 0) is 6.54 Å². The summed E-state index contributed by atoms with van der Waals surface area (Å²) in [7, 11) is 0. The van der Waals surface area contributed by atoms with Crippen LogP contribution in [0.25, 0.3) is 0 Å². The van der Waals surface area contributed by atoms with Gasteiger partial charge in [-0.2, -0.15) is 0 Å². The van der Waals surface area contributed by atoms with Crippen molar-refractivity contribution < 1.29 is 0 Å². The zero-order valence-corrected chi connectivity index (χ0v) is 8.60. The number of hydrogen-bond acceptors (Lipinski definition) is 2. The van der Waals surface area contributed by atoms with Crippen LogP contribution in [0.15, 0.2) is 34.2 Å². The van der Waals surface area contributed by atoms with Crippen LogP contribution in [0, 0.1) is 0 Å². The van der Waals surface area contributed by atoms with Crippen molar-refractivity contribution in [2.24, 2.45) is 4.99 Å². The third kappa shape index (κ3) is 1.94. The zero-order valence-electron chi connectivity index (χ0n) is 7.79. The van der Waals surface area contributed by atoms with Crippen molar-refractivity contribution >= 4 is 16.8 Å². The molecule has 0 radical (unpaired) electrons. The molecule has 13 heavy (non-hydrogen) atoms. The van der Waals surface area contributed by atoms with Crippen molar-refractivity contribution in [2.75, 3.05) is 0 Å². The molecule has 0 unspecified atom stereocenters. The van der Waals surface area contributed by atoms with Gasteiger partial charge in [0.2, 0.25) is 0 Å². The lowest BCUT2D eigenvalue weighted by Crippen LogP contribution is -2.00. The van der Waals surface area contributed by atoms with Crippen molar-refractivity contribution in [1.82, 2.24) is 0 Å². The van der Waals surface area contributed by atoms with E-state index in [1.807, 2.05) is 11.8 Å². The van der Waals surface area contributed by atoms with E-state index >= 15 is 0 Å². The van der Waals surface area contributed by atoms with Crippen LogP contribution in [0.5, 0.6) is 0 Å². The minimum Gasteiger partial charge on any atom is -0.278 e. The highest BCUT2D eigenvalue weighted by molar-refractivity contribution is 8.14. The Balaban J connectivity index is 2.18. The smallest absolute Gasteiger partial charge is 0.0727 e. The highest BCUT2D eigenvalue weighted by Crippen LogP contribution is 2.30. The topological polar surface area (TPSA) is 12.4 Å². The molecule has 0 atom stereocenters. The van der Waals surface area contributed by atoms with Gasteiger partial charge in [0, 0.05) is 4.90 Å². The molecule has 1 aliphatic heterocycles. The normalized spacial score (nSPS) is 15.0. The van der Waals surface area contributed by atoms with Crippen molar-refractivity contribution in [1.29, 1.82) is 0 Å². The van der Waals surface area contributed by atoms with E-state index in [2.05, 4.69) is 36.2 Å². The zero-order chi connectivity index (χ0) is 9.10. The molecular formula is C11H13NS. The molecule has 0 amide bonds. The summed E-state index contributed by atoms with van der Waals surface area (Å²) in [5.41, 5.74) is 1.37. The Kier molecular flexibility index (Phi) is 2.69. The van der Waals surface area contributed by atoms with Crippen molar-refractivity contribution in [3.8, 4) is 0 Å². The SMILES string of the molecule is CCCC1=NCc2ccccc2S1. The summed E-state index contributed by atoms with van der Waals surface area (Å²) in [4.78, 5) is 5.93. The molecule has 1 aromatic carbocycles. The molecule has 0 N–H and O–H groups in total. The van der Waals surface area contributed by atoms with Gasteiger partial charge < -0.3 is 0 Å². The Bertz CT molecular complexity index is 331. The monoisotopic (exact) mass is 191 g/mol. The summed E-state index contributed by atoms with van der Waals surface area (Å²) in [6, 6.07) is 8.53. The van der Waals surface area contributed by atoms with Crippen molar-refractivity contribution in [3.05, 3.63) is 29.8 Å². The maximum absolute atomic E-state index is 4.54. The van der Waals surface area contributed by atoms with Crippen LogP contribution in [0.2, 0.25) is 0 Å². The van der Waals surface area contributed by atoms with E-state index in [4.69, 9.17) is 0 Å². The van der Waals surface area contributed by atoms with Crippen LogP contribution < -0.4 is 0 Å². The first-order valence-electron chi connectivity index (χ1n) is 4.69. The van der Waals surface area contributed by atoms with Gasteiger partial charge in [0.25, 0.3) is 0 Å². The van der Waals surface area contributed by atoms with Gasteiger partial charge in [-0.3, -0.25) is 4.99 Å². The fraction of sp³-hybridized carbons (Fsp3) is 0.364. The van der Waals surface area contributed by atoms with E-state index < -0.39 is 0 Å². The fourth-order valence-electron chi connectivity index (χ4n) is 1.41. The predicted octanol–water partition coefficient (Wildman–Crippen LogP) is 3.49. The standard InChI is InChI=1S/C11H13NS/c1-2-5-11-12-8-9-6-3-4-7-10(9)13-11/h3-4,6-7H,2,5,8H2,1H3. The lowest BCUT2D eigenvalue weighted by molar-refractivity contribution is 0.960. The maximum atomic E-state index is 4.54. The first kappa shape index (κ1) is 8.82. The second kappa shape index (κ2) is 3.97. The molecule has 0 bridgehead atoms. The summed E-state index contributed by atoms with van der Waals surface area (Å²) in [5.74, 6) is 0. The van der Waals surface area contributed by atoms with Gasteiger partial charge >= 0.3 is 0 Å². The Labute approximate surface area is 83.3 Å². The first-order valence-corrected chi connectivity index (χ1v) is 5.51. The lowest BCUT2D eigenvalue weighted by Gasteiger charge is -2.14. The van der Waals surface area contributed by atoms with E-state index in [-0.39, 0.29) is 0 Å². The van der Waals surface area contributed by atoms with Gasteiger partial charge in [-0.05, 0) is 18.1 Å². The second-order valence-electron chi connectivity index (χ2n) is 3.17. The maximum Gasteiger partial charge on any atom is 0.0727 e. The molecule has 0 saturated carbocycles. The van der Waals surface area contributed by atoms with Crippen LogP contribution in [0.4, 0.5) is 0 Å². The molecule has 68 valence electrons. The number of aliphatic imine (C=N–C) groups is 1. The van der Waals surface area contributed by atoms with Crippen molar-refractivity contribution in [3.63, 3.8) is 0 Å². The molecule has 2 heteroatoms. The van der Waals surface area contributed by atoms with Gasteiger partial charge in [0.1, 0.15) is 0 Å². The highest BCUT2D eigenvalue weighted by Gasteiger charge is 2.10. The predicted molar refractivity (Wildman–Crippen MR) is 58.3 cm³/mol. The van der Waals surface area contributed by atoms with Crippen LogP contribution in [-0.4, -0.2) is 5.04 Å². The van der Waals surface area contributed by atoms with Crippen LogP contribution in [0.1, 0.15) is 25.3 Å². The first-order chi connectivity index (χ1) is 6.40. The Morgan fingerprint density at radius 3 is 3.08 bits per heavy atom. The molecule has 1 nitrogen and oxygen atoms in total. The number of nitrogens with zero attached hydrogens (tertiary/aromatic N) is 1. The second-order valence-corrected chi connectivity index (χ2v) is 4.28. The van der Waals surface area contributed by atoms with Crippen molar-refractivity contribution in [2.45, 2.75) is 31.2 Å². The average molecular weight is 191 g/mol. The van der Waals surface area contributed by atoms with E-state index in [0.29, 0.717) is 0 Å². The number of benzene rings is 1. The molecule has 0 aliphatic carbocycles. The van der Waals surface area contributed by atoms with Gasteiger partial charge in [-0.1, -0.05) is 43.3 Å². The molecular weight excluding hydrogens is 178 g/mol. The summed E-state index contributed by atoms with van der Waals surface area (Å²) in [5, 5.41) is 1.29. The summed E-state index contributed by atoms with van der Waals surface area (Å²) >= 11 is 1.83. The molecule has 0 aromatic heterocycles. The summed E-state index contributed by atoms with van der Waals surface area (Å²) < 4.78 is 0. The Hall–Kier alpha value is -0.760. The molecule has 2 rings (SSSR count). The fourth-order valence-corrected chi connectivity index (χ4v) is 2.51. The molecule has 1 aromatic rings. The van der Waals surface area contributed by atoms with E-state index in [9.17, 15) is 0 Å². The number of hydrogen-bond donors (Lipinski definition) is 0. The highest BCUT2D eigenvalue weighted by atomic mass is 32.2. The molecule has 0 spiro atoms. The van der Waals surface area contributed by atoms with Gasteiger partial charge in [0.15, 0.2) is 0 Å². The Morgan fingerprint density at radius 2 is 2.23 bits per heavy atom. The number of fused-ring (bicyclic) bond motifs is 1. The average Bonchev–Trinajstić information content (AvgIpc) is 2.18. The lowest BCUT2D eigenvalue weighted by atomic mass is 10.2. The van der Waals surface area contributed by atoms with Gasteiger partial charge in [-0.15, -0.1) is 0 Å². The summed E-state index contributed by atoms with van der Waals surface area (Å²) in [6.45, 7) is 3.07. The largest absolute Gasteiger partial charge is 0.278 e. The third-order valence-electron chi connectivity index (χ3n) is 2.09. The Morgan fingerprint density at radius 1 is 1.38 bits per heavy atom. The number of rotatable bonds is 2. The van der Waals surface area contributed by atoms with Gasteiger partial charge in [-0.25, -0.2) is 0 Å². The molecule has 1 heterocycles. The minimum absolute atomic E-state index is 0.874. The number of thioether (sulfide) groups is 1. The third-order valence-corrected chi connectivity index (χ3v) is 3.28. The van der Waals surface area contributed by atoms with Crippen LogP contribution >= 0.6 is 11.8 Å². The minimum atomic E-state index is 0.874. The molecule has 1 aliphatic rings. The van der Waals surface area contributed by atoms with E-state index in [1.54, 1.807) is 0 Å². The summed E-state index contributed by atoms with van der Waals surface area (Å²) in [6.07, 6.45) is 2.31. The van der Waals surface area contributed by atoms with Crippen LogP contribution in [0.3, 0.4) is 0 Å². The quantitative estimate of drug-likeness (QED) is 0.697. The van der Waals surface area contributed by atoms with Gasteiger partial charge in [0.05, 0.1) is 11.6 Å². The molecule has 0 saturated heterocycles. The molecule has 0 fully saturated rings.